The molecule has 23 heavy (non-hydrogen) atoms. The average molecular weight is 320 g/mol. The molecule has 1 aromatic carbocycles. The lowest BCUT2D eigenvalue weighted by Crippen LogP contribution is -2.38. The zero-order valence-electron chi connectivity index (χ0n) is 14.5. The molecule has 3 N–H and O–H groups in total. The van der Waals surface area contributed by atoms with Gasteiger partial charge in [-0.05, 0) is 23.6 Å². The summed E-state index contributed by atoms with van der Waals surface area (Å²) in [5.74, 6) is 1.11. The van der Waals surface area contributed by atoms with Crippen LogP contribution in [0.5, 0.6) is 0 Å². The number of aliphatic imine (C=N–C) groups is 1. The molecule has 128 valence electrons. The summed E-state index contributed by atoms with van der Waals surface area (Å²) in [6, 6.07) is 7.80. The first-order valence-electron chi connectivity index (χ1n) is 7.87. The van der Waals surface area contributed by atoms with Crippen molar-refractivity contribution in [1.82, 2.24) is 10.6 Å². The Morgan fingerprint density at radius 2 is 2.09 bits per heavy atom. The molecule has 0 aliphatic rings. The number of benzene rings is 1. The maximum absolute atomic E-state index is 11.8. The van der Waals surface area contributed by atoms with Gasteiger partial charge in [-0.25, -0.2) is 0 Å². The number of carbonyl (C=O) groups excluding carboxylic acids is 1. The number of anilines is 1. The van der Waals surface area contributed by atoms with Crippen molar-refractivity contribution in [1.29, 1.82) is 0 Å². The lowest BCUT2D eigenvalue weighted by atomic mass is 10.1. The molecule has 6 heteroatoms. The normalized spacial score (nSPS) is 11.4. The molecule has 0 unspecified atom stereocenters. The molecular weight excluding hydrogens is 292 g/mol. The minimum Gasteiger partial charge on any atom is -0.383 e. The van der Waals surface area contributed by atoms with Crippen LogP contribution in [-0.4, -0.2) is 39.2 Å². The van der Waals surface area contributed by atoms with Crippen LogP contribution >= 0.6 is 0 Å². The molecule has 0 radical (unpaired) electrons. The second kappa shape index (κ2) is 10.6. The summed E-state index contributed by atoms with van der Waals surface area (Å²) < 4.78 is 4.99. The number of hydrogen-bond acceptors (Lipinski definition) is 3. The predicted octanol–water partition coefficient (Wildman–Crippen LogP) is 1.98. The molecule has 0 aliphatic carbocycles. The van der Waals surface area contributed by atoms with Crippen molar-refractivity contribution in [2.45, 2.75) is 26.8 Å². The summed E-state index contributed by atoms with van der Waals surface area (Å²) >= 11 is 0. The van der Waals surface area contributed by atoms with Crippen molar-refractivity contribution in [2.75, 3.05) is 32.6 Å². The molecule has 0 fully saturated rings. The average Bonchev–Trinajstić information content (AvgIpc) is 2.50. The standard InChI is InChI=1S/C17H28N4O2/c1-13(2)10-16(22)21-15-7-5-6-14(11-15)12-20-17(18-3)19-8-9-23-4/h5-7,11,13H,8-10,12H2,1-4H3,(H,21,22)(H2,18,19,20). The highest BCUT2D eigenvalue weighted by molar-refractivity contribution is 5.90. The number of guanidine groups is 1. The van der Waals surface area contributed by atoms with Gasteiger partial charge in [0.2, 0.25) is 5.91 Å². The van der Waals surface area contributed by atoms with Gasteiger partial charge in [-0.1, -0.05) is 26.0 Å². The molecule has 1 aromatic rings. The third-order valence-electron chi connectivity index (χ3n) is 3.09. The molecule has 1 rings (SSSR count). The van der Waals surface area contributed by atoms with Crippen LogP contribution in [0, 0.1) is 5.92 Å². The zero-order chi connectivity index (χ0) is 17.1. The first kappa shape index (κ1) is 19.0. The molecule has 0 heterocycles. The van der Waals surface area contributed by atoms with E-state index in [9.17, 15) is 4.79 Å². The Morgan fingerprint density at radius 3 is 2.74 bits per heavy atom. The minimum atomic E-state index is 0.0437. The minimum absolute atomic E-state index is 0.0437. The molecule has 0 saturated heterocycles. The number of hydrogen-bond donors (Lipinski definition) is 3. The monoisotopic (exact) mass is 320 g/mol. The first-order chi connectivity index (χ1) is 11.0. The van der Waals surface area contributed by atoms with E-state index in [2.05, 4.69) is 20.9 Å². The van der Waals surface area contributed by atoms with E-state index >= 15 is 0 Å². The first-order valence-corrected chi connectivity index (χ1v) is 7.87. The van der Waals surface area contributed by atoms with Crippen molar-refractivity contribution < 1.29 is 9.53 Å². The quantitative estimate of drug-likeness (QED) is 0.389. The number of ether oxygens (including phenoxy) is 1. The van der Waals surface area contributed by atoms with Crippen molar-refractivity contribution in [3.8, 4) is 0 Å². The Kier molecular flexibility index (Phi) is 8.75. The largest absolute Gasteiger partial charge is 0.383 e. The van der Waals surface area contributed by atoms with Gasteiger partial charge in [0.15, 0.2) is 5.96 Å². The van der Waals surface area contributed by atoms with Crippen LogP contribution in [-0.2, 0) is 16.1 Å². The van der Waals surface area contributed by atoms with Crippen LogP contribution in [0.3, 0.4) is 0 Å². The number of amides is 1. The Labute approximate surface area is 138 Å². The summed E-state index contributed by atoms with van der Waals surface area (Å²) in [6.45, 7) is 6.00. The fraction of sp³-hybridized carbons (Fsp3) is 0.529. The highest BCUT2D eigenvalue weighted by Gasteiger charge is 2.06. The van der Waals surface area contributed by atoms with Gasteiger partial charge in [-0.15, -0.1) is 0 Å². The lowest BCUT2D eigenvalue weighted by molar-refractivity contribution is -0.116. The SMILES string of the molecule is CN=C(NCCOC)NCc1cccc(NC(=O)CC(C)C)c1. The third-order valence-corrected chi connectivity index (χ3v) is 3.09. The van der Waals surface area contributed by atoms with Gasteiger partial charge in [0.25, 0.3) is 0 Å². The van der Waals surface area contributed by atoms with Crippen LogP contribution in [0.25, 0.3) is 0 Å². The fourth-order valence-corrected chi connectivity index (χ4v) is 2.02. The molecule has 1 amide bonds. The Balaban J connectivity index is 2.51. The van der Waals surface area contributed by atoms with Crippen molar-refractivity contribution in [3.05, 3.63) is 29.8 Å². The summed E-state index contributed by atoms with van der Waals surface area (Å²) in [6.07, 6.45) is 0.526. The van der Waals surface area contributed by atoms with Gasteiger partial charge >= 0.3 is 0 Å². The number of rotatable bonds is 8. The van der Waals surface area contributed by atoms with Crippen molar-refractivity contribution in [3.63, 3.8) is 0 Å². The topological polar surface area (TPSA) is 74.8 Å². The van der Waals surface area contributed by atoms with E-state index in [0.29, 0.717) is 32.0 Å². The van der Waals surface area contributed by atoms with Gasteiger partial charge in [-0.2, -0.15) is 0 Å². The molecule has 0 atom stereocenters. The highest BCUT2D eigenvalue weighted by atomic mass is 16.5. The molecular formula is C17H28N4O2. The number of methoxy groups -OCH3 is 1. The molecule has 0 saturated carbocycles. The summed E-state index contributed by atoms with van der Waals surface area (Å²) in [5.41, 5.74) is 1.89. The van der Waals surface area contributed by atoms with Crippen LogP contribution in [0.1, 0.15) is 25.8 Å². The zero-order valence-corrected chi connectivity index (χ0v) is 14.5. The van der Waals surface area contributed by atoms with Gasteiger partial charge in [0, 0.05) is 39.4 Å². The molecule has 6 nitrogen and oxygen atoms in total. The number of nitrogens with one attached hydrogen (secondary N) is 3. The maximum Gasteiger partial charge on any atom is 0.224 e. The van der Waals surface area contributed by atoms with Gasteiger partial charge in [-0.3, -0.25) is 9.79 Å². The van der Waals surface area contributed by atoms with E-state index < -0.39 is 0 Å². The van der Waals surface area contributed by atoms with Crippen LogP contribution in [0.15, 0.2) is 29.3 Å². The van der Waals surface area contributed by atoms with Crippen molar-refractivity contribution in [2.24, 2.45) is 10.9 Å². The summed E-state index contributed by atoms with van der Waals surface area (Å²) in [4.78, 5) is 16.0. The second-order valence-electron chi connectivity index (χ2n) is 5.69. The van der Waals surface area contributed by atoms with Gasteiger partial charge in [0.1, 0.15) is 0 Å². The van der Waals surface area contributed by atoms with Gasteiger partial charge in [0.05, 0.1) is 6.61 Å². The van der Waals surface area contributed by atoms with E-state index in [4.69, 9.17) is 4.74 Å². The van der Waals surface area contributed by atoms with Gasteiger partial charge < -0.3 is 20.7 Å². The molecule has 0 bridgehead atoms. The Morgan fingerprint density at radius 1 is 1.30 bits per heavy atom. The molecule has 0 aliphatic heterocycles. The van der Waals surface area contributed by atoms with Crippen LogP contribution in [0.2, 0.25) is 0 Å². The van der Waals surface area contributed by atoms with E-state index in [1.165, 1.54) is 0 Å². The fourth-order valence-electron chi connectivity index (χ4n) is 2.02. The van der Waals surface area contributed by atoms with E-state index in [-0.39, 0.29) is 5.91 Å². The smallest absolute Gasteiger partial charge is 0.224 e. The Bertz CT molecular complexity index is 515. The number of carbonyl (C=O) groups is 1. The van der Waals surface area contributed by atoms with E-state index in [0.717, 1.165) is 17.2 Å². The molecule has 0 spiro atoms. The second-order valence-corrected chi connectivity index (χ2v) is 5.69. The van der Waals surface area contributed by atoms with E-state index in [1.807, 2.05) is 38.1 Å². The Hall–Kier alpha value is -2.08. The third kappa shape index (κ3) is 8.21. The lowest BCUT2D eigenvalue weighted by Gasteiger charge is -2.12. The molecule has 0 aromatic heterocycles. The van der Waals surface area contributed by atoms with Crippen LogP contribution < -0.4 is 16.0 Å². The summed E-state index contributed by atoms with van der Waals surface area (Å²) in [7, 11) is 3.39. The summed E-state index contributed by atoms with van der Waals surface area (Å²) in [5, 5.41) is 9.31. The maximum atomic E-state index is 11.8. The van der Waals surface area contributed by atoms with E-state index in [1.54, 1.807) is 14.2 Å². The van der Waals surface area contributed by atoms with Crippen molar-refractivity contribution >= 4 is 17.6 Å². The highest BCUT2D eigenvalue weighted by Crippen LogP contribution is 2.12. The van der Waals surface area contributed by atoms with Crippen LogP contribution in [0.4, 0.5) is 5.69 Å². The number of nitrogens with zero attached hydrogens (tertiary/aromatic N) is 1. The predicted molar refractivity (Wildman–Crippen MR) is 94.6 cm³/mol.